The van der Waals surface area contributed by atoms with Crippen molar-refractivity contribution in [2.45, 2.75) is 19.8 Å². The van der Waals surface area contributed by atoms with Crippen LogP contribution in [0.25, 0.3) is 0 Å². The Kier molecular flexibility index (Phi) is 5.61. The quantitative estimate of drug-likeness (QED) is 0.875. The van der Waals surface area contributed by atoms with Crippen LogP contribution in [0.4, 0.5) is 5.82 Å². The molecule has 0 aromatic carbocycles. The molecule has 110 valence electrons. The molecule has 1 aliphatic heterocycles. The second-order valence-corrected chi connectivity index (χ2v) is 5.26. The molecule has 0 bridgehead atoms. The Morgan fingerprint density at radius 3 is 2.90 bits per heavy atom. The van der Waals surface area contributed by atoms with E-state index >= 15 is 0 Å². The second kappa shape index (κ2) is 7.45. The molecular formula is C14H20ClN3O2. The number of rotatable bonds is 5. The molecule has 0 unspecified atom stereocenters. The number of nitrogens with zero attached hydrogens (tertiary/aromatic N) is 1. The predicted molar refractivity (Wildman–Crippen MR) is 79.3 cm³/mol. The summed E-state index contributed by atoms with van der Waals surface area (Å²) >= 11 is 6.08. The fourth-order valence-electron chi connectivity index (χ4n) is 2.15. The van der Waals surface area contributed by atoms with Gasteiger partial charge < -0.3 is 15.4 Å². The van der Waals surface area contributed by atoms with Crippen LogP contribution < -0.4 is 10.6 Å². The minimum atomic E-state index is -0.131. The van der Waals surface area contributed by atoms with Crippen molar-refractivity contribution in [3.05, 3.63) is 22.8 Å². The first-order valence-electron chi connectivity index (χ1n) is 6.96. The minimum absolute atomic E-state index is 0.131. The van der Waals surface area contributed by atoms with Crippen LogP contribution in [-0.2, 0) is 4.74 Å². The number of carbonyl (C=O) groups excluding carboxylic acids is 1. The van der Waals surface area contributed by atoms with E-state index in [0.29, 0.717) is 28.9 Å². The monoisotopic (exact) mass is 297 g/mol. The van der Waals surface area contributed by atoms with E-state index in [4.69, 9.17) is 16.3 Å². The molecule has 1 saturated heterocycles. The third-order valence-electron chi connectivity index (χ3n) is 3.34. The van der Waals surface area contributed by atoms with Gasteiger partial charge in [-0.05, 0) is 31.7 Å². The molecule has 0 saturated carbocycles. The molecule has 0 radical (unpaired) electrons. The Bertz CT molecular complexity index is 462. The summed E-state index contributed by atoms with van der Waals surface area (Å²) in [5.41, 5.74) is 0.490. The molecule has 2 N–H and O–H groups in total. The van der Waals surface area contributed by atoms with Crippen LogP contribution in [0.2, 0.25) is 5.02 Å². The summed E-state index contributed by atoms with van der Waals surface area (Å²) in [4.78, 5) is 16.2. The molecule has 2 rings (SSSR count). The van der Waals surface area contributed by atoms with E-state index in [-0.39, 0.29) is 5.91 Å². The van der Waals surface area contributed by atoms with Crippen LogP contribution in [0, 0.1) is 5.92 Å². The molecule has 6 heteroatoms. The molecule has 0 atom stereocenters. The van der Waals surface area contributed by atoms with Gasteiger partial charge in [-0.15, -0.1) is 0 Å². The molecule has 0 spiro atoms. The van der Waals surface area contributed by atoms with E-state index in [0.717, 1.165) is 32.6 Å². The van der Waals surface area contributed by atoms with E-state index < -0.39 is 0 Å². The van der Waals surface area contributed by atoms with Crippen molar-refractivity contribution in [3.8, 4) is 0 Å². The lowest BCUT2D eigenvalue weighted by Crippen LogP contribution is -2.32. The van der Waals surface area contributed by atoms with Crippen LogP contribution in [0.15, 0.2) is 12.3 Å². The largest absolute Gasteiger partial charge is 0.381 e. The van der Waals surface area contributed by atoms with Crippen LogP contribution in [0.3, 0.4) is 0 Å². The van der Waals surface area contributed by atoms with E-state index in [2.05, 4.69) is 15.6 Å². The molecule has 1 aromatic rings. The Hall–Kier alpha value is -1.33. The van der Waals surface area contributed by atoms with Crippen molar-refractivity contribution >= 4 is 23.3 Å². The lowest BCUT2D eigenvalue weighted by molar-refractivity contribution is 0.0642. The summed E-state index contributed by atoms with van der Waals surface area (Å²) in [7, 11) is 0. The van der Waals surface area contributed by atoms with E-state index in [1.165, 1.54) is 0 Å². The van der Waals surface area contributed by atoms with Crippen LogP contribution in [0.5, 0.6) is 0 Å². The summed E-state index contributed by atoms with van der Waals surface area (Å²) in [6.07, 6.45) is 3.54. The maximum Gasteiger partial charge on any atom is 0.252 e. The average molecular weight is 298 g/mol. The lowest BCUT2D eigenvalue weighted by Gasteiger charge is -2.22. The van der Waals surface area contributed by atoms with Gasteiger partial charge in [-0.2, -0.15) is 0 Å². The average Bonchev–Trinajstić information content (AvgIpc) is 2.48. The Labute approximate surface area is 124 Å². The lowest BCUT2D eigenvalue weighted by atomic mass is 10.0. The number of pyridine rings is 1. The van der Waals surface area contributed by atoms with Crippen molar-refractivity contribution in [1.82, 2.24) is 10.3 Å². The number of ether oxygens (including phenoxy) is 1. The zero-order valence-corrected chi connectivity index (χ0v) is 12.4. The fraction of sp³-hybridized carbons (Fsp3) is 0.571. The number of hydrogen-bond donors (Lipinski definition) is 2. The van der Waals surface area contributed by atoms with Crippen molar-refractivity contribution < 1.29 is 9.53 Å². The second-order valence-electron chi connectivity index (χ2n) is 4.85. The van der Waals surface area contributed by atoms with Crippen molar-refractivity contribution in [2.24, 2.45) is 5.92 Å². The number of amides is 1. The number of carbonyl (C=O) groups is 1. The zero-order valence-electron chi connectivity index (χ0n) is 11.6. The molecule has 20 heavy (non-hydrogen) atoms. The number of anilines is 1. The number of halogens is 1. The van der Waals surface area contributed by atoms with Gasteiger partial charge >= 0.3 is 0 Å². The third-order valence-corrected chi connectivity index (χ3v) is 3.63. The predicted octanol–water partition coefficient (Wildman–Crippen LogP) is 2.32. The molecule has 5 nitrogen and oxygen atoms in total. The van der Waals surface area contributed by atoms with Gasteiger partial charge in [-0.1, -0.05) is 11.6 Å². The standard InChI is InChI=1S/C14H20ClN3O2/c1-2-16-13-12(15)7-11(9-17-13)14(19)18-8-10-3-5-20-6-4-10/h7,9-10H,2-6,8H2,1H3,(H,16,17)(H,18,19). The Morgan fingerprint density at radius 2 is 2.25 bits per heavy atom. The highest BCUT2D eigenvalue weighted by Gasteiger charge is 2.16. The molecule has 1 aliphatic rings. The van der Waals surface area contributed by atoms with Gasteiger partial charge in [0.05, 0.1) is 10.6 Å². The summed E-state index contributed by atoms with van der Waals surface area (Å²) < 4.78 is 5.30. The normalized spacial score (nSPS) is 15.9. The third kappa shape index (κ3) is 4.08. The molecule has 1 fully saturated rings. The van der Waals surface area contributed by atoms with Crippen molar-refractivity contribution in [3.63, 3.8) is 0 Å². The smallest absolute Gasteiger partial charge is 0.252 e. The SMILES string of the molecule is CCNc1ncc(C(=O)NCC2CCOCC2)cc1Cl. The van der Waals surface area contributed by atoms with E-state index in [1.807, 2.05) is 6.92 Å². The Morgan fingerprint density at radius 1 is 1.50 bits per heavy atom. The maximum atomic E-state index is 12.0. The van der Waals surface area contributed by atoms with Gasteiger partial charge in [0.15, 0.2) is 0 Å². The van der Waals surface area contributed by atoms with Gasteiger partial charge in [0, 0.05) is 32.5 Å². The van der Waals surface area contributed by atoms with Crippen molar-refractivity contribution in [1.29, 1.82) is 0 Å². The first kappa shape index (κ1) is 15.1. The highest BCUT2D eigenvalue weighted by Crippen LogP contribution is 2.20. The molecule has 2 heterocycles. The van der Waals surface area contributed by atoms with Gasteiger partial charge in [-0.3, -0.25) is 4.79 Å². The zero-order chi connectivity index (χ0) is 14.4. The van der Waals surface area contributed by atoms with Gasteiger partial charge in [0.2, 0.25) is 0 Å². The van der Waals surface area contributed by atoms with Crippen LogP contribution in [-0.4, -0.2) is 37.2 Å². The van der Waals surface area contributed by atoms with Gasteiger partial charge in [-0.25, -0.2) is 4.98 Å². The van der Waals surface area contributed by atoms with Crippen LogP contribution >= 0.6 is 11.6 Å². The number of aromatic nitrogens is 1. The summed E-state index contributed by atoms with van der Waals surface area (Å²) in [6.45, 7) is 4.94. The van der Waals surface area contributed by atoms with E-state index in [1.54, 1.807) is 12.3 Å². The molecule has 1 aromatic heterocycles. The first-order chi connectivity index (χ1) is 9.70. The Balaban J connectivity index is 1.89. The fourth-order valence-corrected chi connectivity index (χ4v) is 2.38. The van der Waals surface area contributed by atoms with E-state index in [9.17, 15) is 4.79 Å². The summed E-state index contributed by atoms with van der Waals surface area (Å²) in [5, 5.41) is 6.43. The van der Waals surface area contributed by atoms with Gasteiger partial charge in [0.25, 0.3) is 5.91 Å². The number of hydrogen-bond acceptors (Lipinski definition) is 4. The number of nitrogens with one attached hydrogen (secondary N) is 2. The first-order valence-corrected chi connectivity index (χ1v) is 7.34. The van der Waals surface area contributed by atoms with Crippen LogP contribution in [0.1, 0.15) is 30.1 Å². The highest BCUT2D eigenvalue weighted by molar-refractivity contribution is 6.33. The maximum absolute atomic E-state index is 12.0. The molecular weight excluding hydrogens is 278 g/mol. The highest BCUT2D eigenvalue weighted by atomic mass is 35.5. The minimum Gasteiger partial charge on any atom is -0.381 e. The summed E-state index contributed by atoms with van der Waals surface area (Å²) in [6, 6.07) is 1.64. The van der Waals surface area contributed by atoms with Gasteiger partial charge in [0.1, 0.15) is 5.82 Å². The molecule has 0 aliphatic carbocycles. The topological polar surface area (TPSA) is 63.2 Å². The molecule has 1 amide bonds. The van der Waals surface area contributed by atoms with Crippen molar-refractivity contribution in [2.75, 3.05) is 31.6 Å². The summed E-state index contributed by atoms with van der Waals surface area (Å²) in [5.74, 6) is 0.973.